The third-order valence-electron chi connectivity index (χ3n) is 3.50. The van der Waals surface area contributed by atoms with E-state index in [0.717, 1.165) is 31.1 Å². The molecule has 0 spiro atoms. The summed E-state index contributed by atoms with van der Waals surface area (Å²) in [6.07, 6.45) is 2.10. The number of anilines is 1. The summed E-state index contributed by atoms with van der Waals surface area (Å²) >= 11 is 1.11. The maximum atomic E-state index is 12.1. The number of benzene rings is 1. The van der Waals surface area contributed by atoms with Gasteiger partial charge in [-0.3, -0.25) is 10.2 Å². The van der Waals surface area contributed by atoms with Crippen molar-refractivity contribution in [2.24, 2.45) is 5.22 Å². The van der Waals surface area contributed by atoms with Crippen LogP contribution in [0.1, 0.15) is 19.8 Å². The van der Waals surface area contributed by atoms with Crippen LogP contribution in [-0.4, -0.2) is 34.3 Å². The zero-order valence-corrected chi connectivity index (χ0v) is 12.8. The summed E-state index contributed by atoms with van der Waals surface area (Å²) in [6, 6.07) is 9.35. The Morgan fingerprint density at radius 2 is 2.19 bits per heavy atom. The molecule has 2 rings (SSSR count). The van der Waals surface area contributed by atoms with Gasteiger partial charge in [-0.1, -0.05) is 35.2 Å². The lowest BCUT2D eigenvalue weighted by Gasteiger charge is -2.22. The molecule has 21 heavy (non-hydrogen) atoms. The number of hydrogen-bond acceptors (Lipinski definition) is 5. The Hall–Kier alpha value is -1.89. The first-order chi connectivity index (χ1) is 10.1. The Kier molecular flexibility index (Phi) is 5.32. The number of hydrogen-bond donors (Lipinski definition) is 2. The number of para-hydroxylation sites is 1. The van der Waals surface area contributed by atoms with Gasteiger partial charge in [0, 0.05) is 12.6 Å². The first kappa shape index (κ1) is 15.5. The molecular formula is C14H19N5OS. The summed E-state index contributed by atoms with van der Waals surface area (Å²) in [5.74, 6) is 0.259. The van der Waals surface area contributed by atoms with E-state index in [2.05, 4.69) is 12.1 Å². The summed E-state index contributed by atoms with van der Waals surface area (Å²) in [7, 11) is 0. The van der Waals surface area contributed by atoms with E-state index >= 15 is 0 Å². The number of thioether (sulfide) groups is 1. The van der Waals surface area contributed by atoms with Crippen LogP contribution < -0.4 is 5.01 Å². The van der Waals surface area contributed by atoms with E-state index in [1.54, 1.807) is 12.1 Å². The zero-order chi connectivity index (χ0) is 15.2. The van der Waals surface area contributed by atoms with Gasteiger partial charge < -0.3 is 4.90 Å². The zero-order valence-electron chi connectivity index (χ0n) is 12.0. The predicted molar refractivity (Wildman–Crippen MR) is 84.7 cm³/mol. The minimum atomic E-state index is 0.0488. The van der Waals surface area contributed by atoms with Gasteiger partial charge in [-0.25, -0.2) is 0 Å². The average molecular weight is 305 g/mol. The maximum Gasteiger partial charge on any atom is 0.233 e. The first-order valence-electron chi connectivity index (χ1n) is 6.87. The fraction of sp³-hybridized carbons (Fsp3) is 0.429. The predicted octanol–water partition coefficient (Wildman–Crippen LogP) is 3.12. The molecule has 7 heteroatoms. The number of nitrogens with zero attached hydrogens (tertiary/aromatic N) is 3. The van der Waals surface area contributed by atoms with Gasteiger partial charge in [0.2, 0.25) is 5.91 Å². The minimum absolute atomic E-state index is 0.0488. The normalized spacial score (nSPS) is 17.6. The van der Waals surface area contributed by atoms with Crippen LogP contribution in [0, 0.1) is 10.9 Å². The molecule has 1 heterocycles. The van der Waals surface area contributed by atoms with Crippen LogP contribution >= 0.6 is 11.8 Å². The van der Waals surface area contributed by atoms with Gasteiger partial charge in [0.05, 0.1) is 11.4 Å². The molecule has 0 bridgehead atoms. The number of amidine groups is 1. The summed E-state index contributed by atoms with van der Waals surface area (Å²) in [5, 5.41) is 12.7. The second kappa shape index (κ2) is 7.21. The van der Waals surface area contributed by atoms with Gasteiger partial charge in [0.15, 0.2) is 5.17 Å². The Bertz CT molecular complexity index is 521. The van der Waals surface area contributed by atoms with Crippen molar-refractivity contribution >= 4 is 28.5 Å². The van der Waals surface area contributed by atoms with Gasteiger partial charge in [-0.2, -0.15) is 10.5 Å². The highest BCUT2D eigenvalue weighted by molar-refractivity contribution is 8.14. The van der Waals surface area contributed by atoms with Gasteiger partial charge in [0.1, 0.15) is 0 Å². The monoisotopic (exact) mass is 305 g/mol. The lowest BCUT2D eigenvalue weighted by atomic mass is 10.2. The van der Waals surface area contributed by atoms with E-state index in [4.69, 9.17) is 10.9 Å². The van der Waals surface area contributed by atoms with Crippen molar-refractivity contribution in [2.45, 2.75) is 25.8 Å². The number of carbonyl (C=O) groups excluding carboxylic acids is 1. The van der Waals surface area contributed by atoms with Crippen molar-refractivity contribution in [3.63, 3.8) is 0 Å². The third-order valence-corrected chi connectivity index (χ3v) is 4.34. The standard InChI is InChI=1S/C14H19N5OS/c1-11-6-5-9-18(11)13(20)10-21-14(15)19(17-16)12-7-3-2-4-8-12/h2-4,7-8,11,15-16H,5-6,9-10H2,1H3/t11-/m1/s1. The molecule has 0 aromatic heterocycles. The number of likely N-dealkylation sites (tertiary alicyclic amines) is 1. The van der Waals surface area contributed by atoms with Gasteiger partial charge in [0.25, 0.3) is 0 Å². The molecule has 1 aromatic carbocycles. The number of rotatable bonds is 4. The van der Waals surface area contributed by atoms with Crippen molar-refractivity contribution in [1.82, 2.24) is 4.90 Å². The van der Waals surface area contributed by atoms with Crippen LogP contribution in [-0.2, 0) is 4.79 Å². The molecule has 1 aromatic rings. The summed E-state index contributed by atoms with van der Waals surface area (Å²) in [5.41, 5.74) is 7.86. The van der Waals surface area contributed by atoms with Crippen LogP contribution in [0.5, 0.6) is 0 Å². The maximum absolute atomic E-state index is 12.1. The molecule has 6 nitrogen and oxygen atoms in total. The molecule has 1 aliphatic heterocycles. The van der Waals surface area contributed by atoms with E-state index in [1.165, 1.54) is 5.01 Å². The Balaban J connectivity index is 1.91. The Labute approximate surface area is 128 Å². The molecule has 112 valence electrons. The summed E-state index contributed by atoms with van der Waals surface area (Å²) in [6.45, 7) is 2.86. The molecule has 1 fully saturated rings. The van der Waals surface area contributed by atoms with Crippen LogP contribution in [0.15, 0.2) is 35.6 Å². The van der Waals surface area contributed by atoms with Crippen LogP contribution in [0.2, 0.25) is 0 Å². The summed E-state index contributed by atoms with van der Waals surface area (Å²) in [4.78, 5) is 14.0. The third kappa shape index (κ3) is 3.81. The fourth-order valence-corrected chi connectivity index (χ4v) is 3.06. The Morgan fingerprint density at radius 1 is 1.48 bits per heavy atom. The van der Waals surface area contributed by atoms with E-state index in [-0.39, 0.29) is 16.8 Å². The second-order valence-corrected chi connectivity index (χ2v) is 5.88. The van der Waals surface area contributed by atoms with Gasteiger partial charge in [-0.05, 0) is 31.9 Å². The lowest BCUT2D eigenvalue weighted by molar-refractivity contribution is -0.128. The van der Waals surface area contributed by atoms with Crippen molar-refractivity contribution in [3.05, 3.63) is 30.3 Å². The molecule has 1 atom stereocenters. The molecule has 1 aliphatic rings. The molecule has 0 radical (unpaired) electrons. The highest BCUT2D eigenvalue weighted by Crippen LogP contribution is 2.21. The van der Waals surface area contributed by atoms with E-state index in [9.17, 15) is 4.79 Å². The van der Waals surface area contributed by atoms with Crippen molar-refractivity contribution in [3.8, 4) is 0 Å². The molecule has 0 aliphatic carbocycles. The van der Waals surface area contributed by atoms with Gasteiger partial charge in [-0.15, -0.1) is 0 Å². The Morgan fingerprint density at radius 3 is 2.76 bits per heavy atom. The number of carbonyl (C=O) groups is 1. The fourth-order valence-electron chi connectivity index (χ4n) is 2.37. The molecule has 2 N–H and O–H groups in total. The highest BCUT2D eigenvalue weighted by atomic mass is 32.2. The van der Waals surface area contributed by atoms with Crippen molar-refractivity contribution in [1.29, 1.82) is 10.9 Å². The number of nitrogens with one attached hydrogen (secondary N) is 2. The SMILES string of the molecule is C[C@@H]1CCCN1C(=O)CSC(=N)N(N=N)c1ccccc1. The summed E-state index contributed by atoms with van der Waals surface area (Å²) < 4.78 is 0. The van der Waals surface area contributed by atoms with Crippen molar-refractivity contribution in [2.75, 3.05) is 17.3 Å². The van der Waals surface area contributed by atoms with Crippen LogP contribution in [0.3, 0.4) is 0 Å². The second-order valence-electron chi connectivity index (χ2n) is 4.92. The van der Waals surface area contributed by atoms with E-state index in [1.807, 2.05) is 23.1 Å². The van der Waals surface area contributed by atoms with E-state index < -0.39 is 0 Å². The quantitative estimate of drug-likeness (QED) is 0.388. The largest absolute Gasteiger partial charge is 0.339 e. The minimum Gasteiger partial charge on any atom is -0.339 e. The van der Waals surface area contributed by atoms with Crippen molar-refractivity contribution < 1.29 is 4.79 Å². The molecular weight excluding hydrogens is 286 g/mol. The molecule has 1 saturated heterocycles. The van der Waals surface area contributed by atoms with E-state index in [0.29, 0.717) is 11.7 Å². The molecule has 1 amide bonds. The van der Waals surface area contributed by atoms with Gasteiger partial charge >= 0.3 is 0 Å². The number of amides is 1. The molecule has 0 saturated carbocycles. The lowest BCUT2D eigenvalue weighted by Crippen LogP contribution is -2.35. The first-order valence-corrected chi connectivity index (χ1v) is 7.85. The van der Waals surface area contributed by atoms with Crippen LogP contribution in [0.25, 0.3) is 0 Å². The average Bonchev–Trinajstić information content (AvgIpc) is 2.93. The highest BCUT2D eigenvalue weighted by Gasteiger charge is 2.25. The topological polar surface area (TPSA) is 83.6 Å². The molecule has 0 unspecified atom stereocenters. The van der Waals surface area contributed by atoms with Crippen LogP contribution in [0.4, 0.5) is 5.69 Å². The smallest absolute Gasteiger partial charge is 0.233 e.